The lowest BCUT2D eigenvalue weighted by Gasteiger charge is -2.44. The van der Waals surface area contributed by atoms with Gasteiger partial charge < -0.3 is 0 Å². The van der Waals surface area contributed by atoms with Gasteiger partial charge in [0, 0.05) is 16.0 Å². The Balaban J connectivity index is 0.00000144. The number of thioether (sulfide) groups is 1. The van der Waals surface area contributed by atoms with Crippen molar-refractivity contribution in [3.63, 3.8) is 0 Å². The van der Waals surface area contributed by atoms with E-state index in [1.54, 1.807) is 11.8 Å². The molecule has 2 heterocycles. The number of benzene rings is 1. The molecule has 0 amide bonds. The van der Waals surface area contributed by atoms with Crippen molar-refractivity contribution in [1.82, 2.24) is 15.9 Å². The van der Waals surface area contributed by atoms with E-state index in [4.69, 9.17) is 11.6 Å². The molecule has 1 aliphatic carbocycles. The molecule has 0 aromatic heterocycles. The van der Waals surface area contributed by atoms with Crippen LogP contribution in [0.2, 0.25) is 5.02 Å². The summed E-state index contributed by atoms with van der Waals surface area (Å²) >= 11 is 7.62. The maximum absolute atomic E-state index is 5.98. The first-order valence-corrected chi connectivity index (χ1v) is 8.57. The average Bonchev–Trinajstić information content (AvgIpc) is 2.92. The van der Waals surface area contributed by atoms with E-state index in [1.165, 1.54) is 19.3 Å². The first kappa shape index (κ1) is 16.2. The van der Waals surface area contributed by atoms with Crippen LogP contribution in [0.5, 0.6) is 0 Å². The van der Waals surface area contributed by atoms with E-state index >= 15 is 0 Å². The van der Waals surface area contributed by atoms with Crippen LogP contribution in [-0.4, -0.2) is 15.8 Å². The summed E-state index contributed by atoms with van der Waals surface area (Å²) in [5.41, 5.74) is 9.22. The van der Waals surface area contributed by atoms with Crippen LogP contribution < -0.4 is 10.9 Å². The van der Waals surface area contributed by atoms with Gasteiger partial charge in [0.05, 0.1) is 5.70 Å². The summed E-state index contributed by atoms with van der Waals surface area (Å²) in [5.74, 6) is 0. The monoisotopic (exact) mass is 400 g/mol. The van der Waals surface area contributed by atoms with Gasteiger partial charge in [-0.25, -0.2) is 10.4 Å². The molecule has 1 spiro atoms. The van der Waals surface area contributed by atoms with Gasteiger partial charge in [-0.15, -0.1) is 17.0 Å². The number of hydrazine groups is 1. The van der Waals surface area contributed by atoms with Gasteiger partial charge in [-0.1, -0.05) is 41.9 Å². The van der Waals surface area contributed by atoms with Crippen LogP contribution in [0.3, 0.4) is 0 Å². The molecule has 0 unspecified atom stereocenters. The summed E-state index contributed by atoms with van der Waals surface area (Å²) in [4.78, 5) is 0. The maximum atomic E-state index is 5.98. The lowest BCUT2D eigenvalue weighted by molar-refractivity contribution is 0.113. The van der Waals surface area contributed by atoms with Crippen LogP contribution in [0, 0.1) is 0 Å². The Labute approximate surface area is 150 Å². The fraction of sp³-hybridized carbons (Fsp3) is 0.400. The molecule has 0 bridgehead atoms. The fourth-order valence-corrected chi connectivity index (χ4v) is 4.02. The summed E-state index contributed by atoms with van der Waals surface area (Å²) in [6.45, 7) is 0. The predicted octanol–water partition coefficient (Wildman–Crippen LogP) is 4.30. The summed E-state index contributed by atoms with van der Waals surface area (Å²) in [5, 5.41) is 10.5. The average molecular weight is 402 g/mol. The molecule has 3 aliphatic rings. The predicted molar refractivity (Wildman–Crippen MR) is 98.7 cm³/mol. The SMILES string of the molecule is Br.Clc1ccc(C2=CSC3=NNC4(CCCCC4)NN23)cc1. The second kappa shape index (κ2) is 6.43. The van der Waals surface area contributed by atoms with Gasteiger partial charge >= 0.3 is 0 Å². The van der Waals surface area contributed by atoms with Gasteiger partial charge in [-0.2, -0.15) is 5.10 Å². The molecule has 1 aromatic rings. The van der Waals surface area contributed by atoms with Gasteiger partial charge in [0.2, 0.25) is 5.17 Å². The minimum absolute atomic E-state index is 0. The van der Waals surface area contributed by atoms with E-state index in [-0.39, 0.29) is 22.6 Å². The molecule has 2 N–H and O–H groups in total. The van der Waals surface area contributed by atoms with Gasteiger partial charge in [0.1, 0.15) is 5.66 Å². The summed E-state index contributed by atoms with van der Waals surface area (Å²) in [7, 11) is 0. The van der Waals surface area contributed by atoms with Gasteiger partial charge in [0.25, 0.3) is 0 Å². The molecule has 0 radical (unpaired) electrons. The highest BCUT2D eigenvalue weighted by atomic mass is 79.9. The van der Waals surface area contributed by atoms with E-state index in [9.17, 15) is 0 Å². The molecule has 1 fully saturated rings. The first-order valence-electron chi connectivity index (χ1n) is 7.31. The van der Waals surface area contributed by atoms with Crippen molar-refractivity contribution in [1.29, 1.82) is 0 Å². The van der Waals surface area contributed by atoms with Gasteiger partial charge in [-0.05, 0) is 37.8 Å². The third-order valence-electron chi connectivity index (χ3n) is 4.25. The molecule has 2 aliphatic heterocycles. The summed E-state index contributed by atoms with van der Waals surface area (Å²) in [6.07, 6.45) is 6.02. The zero-order chi connectivity index (χ0) is 14.3. The van der Waals surface area contributed by atoms with E-state index in [2.05, 4.69) is 38.5 Å². The van der Waals surface area contributed by atoms with Crippen molar-refractivity contribution >= 4 is 51.2 Å². The third-order valence-corrected chi connectivity index (χ3v) is 5.32. The number of hydrogen-bond acceptors (Lipinski definition) is 5. The second-order valence-corrected chi connectivity index (χ2v) is 7.00. The number of amidine groups is 1. The van der Waals surface area contributed by atoms with Crippen molar-refractivity contribution in [3.8, 4) is 0 Å². The third kappa shape index (κ3) is 2.89. The number of nitrogens with zero attached hydrogens (tertiary/aromatic N) is 2. The van der Waals surface area contributed by atoms with Crippen LogP contribution in [0.25, 0.3) is 5.70 Å². The lowest BCUT2D eigenvalue weighted by Crippen LogP contribution is -2.65. The maximum Gasteiger partial charge on any atom is 0.206 e. The number of fused-ring (bicyclic) bond motifs is 1. The van der Waals surface area contributed by atoms with Crippen LogP contribution in [-0.2, 0) is 0 Å². The van der Waals surface area contributed by atoms with Crippen molar-refractivity contribution in [2.75, 3.05) is 0 Å². The van der Waals surface area contributed by atoms with E-state index in [0.29, 0.717) is 0 Å². The molecule has 118 valence electrons. The van der Waals surface area contributed by atoms with E-state index in [1.807, 2.05) is 12.1 Å². The molecule has 22 heavy (non-hydrogen) atoms. The molecule has 7 heteroatoms. The number of rotatable bonds is 1. The van der Waals surface area contributed by atoms with Gasteiger partial charge in [0.15, 0.2) is 0 Å². The number of halogens is 2. The molecule has 1 aromatic carbocycles. The van der Waals surface area contributed by atoms with Crippen LogP contribution in [0.1, 0.15) is 37.7 Å². The Bertz CT molecular complexity index is 610. The standard InChI is InChI=1S/C15H17ClN4S.BrH/c16-12-6-4-11(5-7-12)13-10-21-14-17-18-15(19-20(13)14)8-2-1-3-9-15;/h4-7,10,18-19H,1-3,8-9H2;1H. The van der Waals surface area contributed by atoms with Crippen molar-refractivity contribution < 1.29 is 0 Å². The first-order chi connectivity index (χ1) is 10.3. The zero-order valence-electron chi connectivity index (χ0n) is 12.0. The number of hydrazone groups is 1. The normalized spacial score (nSPS) is 22.3. The molecular formula is C15H18BrClN4S. The Morgan fingerprint density at radius 1 is 1.14 bits per heavy atom. The topological polar surface area (TPSA) is 39.7 Å². The minimum Gasteiger partial charge on any atom is -0.286 e. The second-order valence-electron chi connectivity index (χ2n) is 5.72. The number of hydrogen-bond donors (Lipinski definition) is 2. The zero-order valence-corrected chi connectivity index (χ0v) is 15.3. The van der Waals surface area contributed by atoms with Crippen molar-refractivity contribution in [3.05, 3.63) is 40.3 Å². The van der Waals surface area contributed by atoms with Crippen LogP contribution >= 0.6 is 40.3 Å². The molecule has 1 saturated carbocycles. The van der Waals surface area contributed by atoms with Crippen molar-refractivity contribution in [2.45, 2.75) is 37.8 Å². The Hall–Kier alpha value is -0.690. The van der Waals surface area contributed by atoms with E-state index in [0.717, 1.165) is 34.3 Å². The highest BCUT2D eigenvalue weighted by Gasteiger charge is 2.40. The highest BCUT2D eigenvalue weighted by molar-refractivity contribution is 8.93. The molecule has 4 nitrogen and oxygen atoms in total. The lowest BCUT2D eigenvalue weighted by atomic mass is 9.90. The Morgan fingerprint density at radius 2 is 1.86 bits per heavy atom. The number of nitrogens with one attached hydrogen (secondary N) is 2. The Morgan fingerprint density at radius 3 is 2.59 bits per heavy atom. The van der Waals surface area contributed by atoms with Gasteiger partial charge in [-0.3, -0.25) is 5.43 Å². The molecule has 0 saturated heterocycles. The van der Waals surface area contributed by atoms with Crippen molar-refractivity contribution in [2.24, 2.45) is 5.10 Å². The van der Waals surface area contributed by atoms with Crippen LogP contribution in [0.4, 0.5) is 0 Å². The molecule has 4 rings (SSSR count). The quantitative estimate of drug-likeness (QED) is 0.736. The molecule has 0 atom stereocenters. The smallest absolute Gasteiger partial charge is 0.206 e. The molecular weight excluding hydrogens is 384 g/mol. The van der Waals surface area contributed by atoms with E-state index < -0.39 is 0 Å². The van der Waals surface area contributed by atoms with Crippen LogP contribution in [0.15, 0.2) is 34.8 Å². The fourth-order valence-electron chi connectivity index (χ4n) is 3.09. The largest absolute Gasteiger partial charge is 0.286 e. The summed E-state index contributed by atoms with van der Waals surface area (Å²) < 4.78 is 0. The minimum atomic E-state index is -0.0852. The Kier molecular flexibility index (Phi) is 4.73. The summed E-state index contributed by atoms with van der Waals surface area (Å²) in [6, 6.07) is 7.95. The highest BCUT2D eigenvalue weighted by Crippen LogP contribution is 2.37.